The number of hydrogen-bond acceptors (Lipinski definition) is 3. The number of guanidine groups is 1. The first kappa shape index (κ1) is 26.0. The largest absolute Gasteiger partial charge is 0.511 e. The highest BCUT2D eigenvalue weighted by atomic mass is 127. The van der Waals surface area contributed by atoms with Crippen LogP contribution < -0.4 is 5.32 Å². The molecule has 1 aliphatic rings. The van der Waals surface area contributed by atoms with Crippen molar-refractivity contribution in [2.45, 2.75) is 31.8 Å². The molecular weight excluding hydrogens is 520 g/mol. The van der Waals surface area contributed by atoms with Crippen LogP contribution in [0.4, 0.5) is 13.2 Å². The zero-order chi connectivity index (χ0) is 20.9. The molecule has 0 aliphatic carbocycles. The van der Waals surface area contributed by atoms with Crippen LogP contribution in [0.2, 0.25) is 0 Å². The molecule has 2 rings (SSSR count). The van der Waals surface area contributed by atoms with E-state index in [-0.39, 0.29) is 43.0 Å². The lowest BCUT2D eigenvalue weighted by Crippen LogP contribution is -2.47. The maximum atomic E-state index is 12.6. The summed E-state index contributed by atoms with van der Waals surface area (Å²) in [5.41, 5.74) is -2.88. The van der Waals surface area contributed by atoms with Gasteiger partial charge in [0.05, 0.1) is 0 Å². The van der Waals surface area contributed by atoms with Gasteiger partial charge in [0.25, 0.3) is 0 Å². The third-order valence-corrected chi connectivity index (χ3v) is 6.63. The fraction of sp³-hybridized carbons (Fsp3) is 0.611. The molecule has 6 nitrogen and oxygen atoms in total. The van der Waals surface area contributed by atoms with Crippen molar-refractivity contribution >= 4 is 40.0 Å². The van der Waals surface area contributed by atoms with Crippen molar-refractivity contribution in [2.24, 2.45) is 10.9 Å². The standard InChI is InChI=1S/C18H27F3N4O2S.HI/c1-14-6-4-5-7-16(14)13-24(3)17(22-2)23-12-15-8-10-25(11-9-15)28(26,27)18(19,20)21;/h4-7,15H,8-13H2,1-3H3,(H,22,23);1H. The average molecular weight is 548 g/mol. The highest BCUT2D eigenvalue weighted by molar-refractivity contribution is 14.0. The van der Waals surface area contributed by atoms with Gasteiger partial charge in [-0.15, -0.1) is 24.0 Å². The molecule has 0 aromatic heterocycles. The topological polar surface area (TPSA) is 65.0 Å². The van der Waals surface area contributed by atoms with Crippen molar-refractivity contribution in [3.63, 3.8) is 0 Å². The Balaban J connectivity index is 0.00000420. The Bertz CT molecular complexity index is 795. The van der Waals surface area contributed by atoms with E-state index in [9.17, 15) is 21.6 Å². The van der Waals surface area contributed by atoms with Crippen molar-refractivity contribution in [1.82, 2.24) is 14.5 Å². The molecule has 0 amide bonds. The third kappa shape index (κ3) is 6.71. The molecule has 0 spiro atoms. The quantitative estimate of drug-likeness (QED) is 0.349. The number of aryl methyl sites for hydroxylation is 1. The number of alkyl halides is 3. The SMILES string of the molecule is CN=C(NCC1CCN(S(=O)(=O)C(F)(F)F)CC1)N(C)Cc1ccccc1C.I. The Hall–Kier alpha value is -1.08. The van der Waals surface area contributed by atoms with E-state index in [0.29, 0.717) is 36.2 Å². The number of hydrogen-bond donors (Lipinski definition) is 1. The lowest BCUT2D eigenvalue weighted by Gasteiger charge is -2.32. The van der Waals surface area contributed by atoms with Gasteiger partial charge in [-0.1, -0.05) is 24.3 Å². The van der Waals surface area contributed by atoms with Gasteiger partial charge in [-0.05, 0) is 36.8 Å². The molecule has 1 aliphatic heterocycles. The van der Waals surface area contributed by atoms with Gasteiger partial charge in [0, 0.05) is 40.3 Å². The van der Waals surface area contributed by atoms with E-state index < -0.39 is 15.5 Å². The van der Waals surface area contributed by atoms with Gasteiger partial charge in [0.1, 0.15) is 0 Å². The molecule has 0 unspecified atom stereocenters. The number of benzene rings is 1. The van der Waals surface area contributed by atoms with Crippen LogP contribution in [0.3, 0.4) is 0 Å². The van der Waals surface area contributed by atoms with Crippen LogP contribution in [-0.4, -0.2) is 62.8 Å². The van der Waals surface area contributed by atoms with Crippen LogP contribution >= 0.6 is 24.0 Å². The first-order chi connectivity index (χ1) is 13.1. The molecule has 1 heterocycles. The molecule has 1 N–H and O–H groups in total. The number of piperidine rings is 1. The van der Waals surface area contributed by atoms with Crippen LogP contribution in [0.15, 0.2) is 29.3 Å². The first-order valence-electron chi connectivity index (χ1n) is 9.09. The van der Waals surface area contributed by atoms with E-state index in [1.54, 1.807) is 7.05 Å². The number of nitrogens with zero attached hydrogens (tertiary/aromatic N) is 3. The van der Waals surface area contributed by atoms with Crippen LogP contribution in [0.5, 0.6) is 0 Å². The van der Waals surface area contributed by atoms with Crippen molar-refractivity contribution in [3.05, 3.63) is 35.4 Å². The lowest BCUT2D eigenvalue weighted by molar-refractivity contribution is -0.0496. The lowest BCUT2D eigenvalue weighted by atomic mass is 9.98. The molecule has 0 atom stereocenters. The minimum absolute atomic E-state index is 0. The summed E-state index contributed by atoms with van der Waals surface area (Å²) in [7, 11) is -1.64. The van der Waals surface area contributed by atoms with Gasteiger partial charge in [-0.25, -0.2) is 8.42 Å². The maximum Gasteiger partial charge on any atom is 0.511 e. The van der Waals surface area contributed by atoms with Gasteiger partial charge in [-0.3, -0.25) is 4.99 Å². The average Bonchev–Trinajstić information content (AvgIpc) is 2.63. The molecule has 1 saturated heterocycles. The normalized spacial score (nSPS) is 17.0. The van der Waals surface area contributed by atoms with E-state index >= 15 is 0 Å². The monoisotopic (exact) mass is 548 g/mol. The van der Waals surface area contributed by atoms with Crippen LogP contribution in [-0.2, 0) is 16.6 Å². The summed E-state index contributed by atoms with van der Waals surface area (Å²) < 4.78 is 61.4. The molecule has 11 heteroatoms. The van der Waals surface area contributed by atoms with Crippen LogP contribution in [0, 0.1) is 12.8 Å². The molecule has 1 aromatic rings. The van der Waals surface area contributed by atoms with Gasteiger partial charge in [0.2, 0.25) is 0 Å². The fourth-order valence-electron chi connectivity index (χ4n) is 3.24. The minimum atomic E-state index is -5.24. The highest BCUT2D eigenvalue weighted by Crippen LogP contribution is 2.30. The van der Waals surface area contributed by atoms with E-state index in [1.807, 2.05) is 37.1 Å². The van der Waals surface area contributed by atoms with Gasteiger partial charge in [-0.2, -0.15) is 17.5 Å². The fourth-order valence-corrected chi connectivity index (χ4v) is 4.22. The predicted octanol–water partition coefficient (Wildman–Crippen LogP) is 3.18. The molecule has 0 radical (unpaired) electrons. The summed E-state index contributed by atoms with van der Waals surface area (Å²) in [5, 5.41) is 3.25. The van der Waals surface area contributed by atoms with Crippen molar-refractivity contribution in [1.29, 1.82) is 0 Å². The van der Waals surface area contributed by atoms with Crippen LogP contribution in [0.25, 0.3) is 0 Å². The molecule has 166 valence electrons. The highest BCUT2D eigenvalue weighted by Gasteiger charge is 2.50. The Morgan fingerprint density at radius 3 is 2.38 bits per heavy atom. The van der Waals surface area contributed by atoms with Crippen molar-refractivity contribution < 1.29 is 21.6 Å². The summed E-state index contributed by atoms with van der Waals surface area (Å²) >= 11 is 0. The van der Waals surface area contributed by atoms with E-state index in [2.05, 4.69) is 16.4 Å². The third-order valence-electron chi connectivity index (χ3n) is 5.00. The molecule has 0 saturated carbocycles. The summed E-state index contributed by atoms with van der Waals surface area (Å²) in [6.07, 6.45) is 0.752. The number of sulfonamides is 1. The first-order valence-corrected chi connectivity index (χ1v) is 10.5. The molecule has 29 heavy (non-hydrogen) atoms. The number of aliphatic imine (C=N–C) groups is 1. The van der Waals surface area contributed by atoms with Gasteiger partial charge in [0.15, 0.2) is 5.96 Å². The number of nitrogens with one attached hydrogen (secondary N) is 1. The zero-order valence-corrected chi connectivity index (χ0v) is 19.9. The van der Waals surface area contributed by atoms with E-state index in [1.165, 1.54) is 11.1 Å². The number of rotatable bonds is 5. The van der Waals surface area contributed by atoms with Crippen LogP contribution in [0.1, 0.15) is 24.0 Å². The molecular formula is C18H28F3IN4O2S. The second kappa shape index (κ2) is 10.8. The van der Waals surface area contributed by atoms with Gasteiger partial charge >= 0.3 is 15.5 Å². The maximum absolute atomic E-state index is 12.6. The smallest absolute Gasteiger partial charge is 0.356 e. The summed E-state index contributed by atoms with van der Waals surface area (Å²) in [6, 6.07) is 8.06. The van der Waals surface area contributed by atoms with Gasteiger partial charge < -0.3 is 10.2 Å². The number of halogens is 4. The molecule has 1 fully saturated rings. The Labute approximate surface area is 187 Å². The summed E-state index contributed by atoms with van der Waals surface area (Å²) in [6.45, 7) is 3.01. The minimum Gasteiger partial charge on any atom is -0.356 e. The molecule has 0 bridgehead atoms. The Kier molecular flexibility index (Phi) is 9.67. The summed E-state index contributed by atoms with van der Waals surface area (Å²) in [4.78, 5) is 6.24. The predicted molar refractivity (Wildman–Crippen MR) is 119 cm³/mol. The Morgan fingerprint density at radius 1 is 1.28 bits per heavy atom. The van der Waals surface area contributed by atoms with Crippen molar-refractivity contribution in [2.75, 3.05) is 33.7 Å². The molecule has 1 aromatic carbocycles. The van der Waals surface area contributed by atoms with E-state index in [0.717, 1.165) is 0 Å². The second-order valence-corrected chi connectivity index (χ2v) is 8.93. The van der Waals surface area contributed by atoms with E-state index in [4.69, 9.17) is 0 Å². The van der Waals surface area contributed by atoms with Crippen molar-refractivity contribution in [3.8, 4) is 0 Å². The Morgan fingerprint density at radius 2 is 1.86 bits per heavy atom. The zero-order valence-electron chi connectivity index (χ0n) is 16.7. The summed E-state index contributed by atoms with van der Waals surface area (Å²) in [5.74, 6) is 0.775. The second-order valence-electron chi connectivity index (χ2n) is 7.00.